The molecule has 2 aromatic carbocycles. The van der Waals surface area contributed by atoms with Crippen LogP contribution in [0.1, 0.15) is 5.56 Å². The second-order valence-corrected chi connectivity index (χ2v) is 8.15. The molecule has 0 aliphatic carbocycles. The first-order valence-electron chi connectivity index (χ1n) is 10.3. The molecule has 1 N–H and O–H groups in total. The molecule has 2 heterocycles. The summed E-state index contributed by atoms with van der Waals surface area (Å²) >= 11 is 1.23. The van der Waals surface area contributed by atoms with Crippen molar-refractivity contribution in [2.75, 3.05) is 19.5 Å². The highest BCUT2D eigenvalue weighted by Gasteiger charge is 2.14. The second kappa shape index (κ2) is 10.2. The Morgan fingerprint density at radius 1 is 1.03 bits per heavy atom. The molecule has 0 aliphatic rings. The molecular formula is C24H22N4O5S. The Hall–Kier alpha value is -4.18. The van der Waals surface area contributed by atoms with Crippen LogP contribution in [0, 0.1) is 0 Å². The average Bonchev–Trinajstić information content (AvgIpc) is 3.32. The standard InChI is InChI=1S/C24H22N4O5S/c1-32-19-9-8-17(12-20(19)33-2)18-15-34-23(25-18)26-21(29)14-28-22(30)10-11-27(24(28)31)13-16-6-4-3-5-7-16/h3-12,15H,13-14H2,1-2H3,(H,25,26,29). The zero-order valence-electron chi connectivity index (χ0n) is 18.6. The number of nitrogens with one attached hydrogen (secondary N) is 1. The summed E-state index contributed by atoms with van der Waals surface area (Å²) in [5.41, 5.74) is 1.23. The molecule has 0 unspecified atom stereocenters. The molecule has 0 saturated heterocycles. The summed E-state index contributed by atoms with van der Waals surface area (Å²) < 4.78 is 12.9. The smallest absolute Gasteiger partial charge is 0.331 e. The van der Waals surface area contributed by atoms with Gasteiger partial charge in [0.2, 0.25) is 5.91 Å². The molecule has 4 rings (SSSR count). The number of anilines is 1. The van der Waals surface area contributed by atoms with E-state index in [1.807, 2.05) is 36.4 Å². The fraction of sp³-hybridized carbons (Fsp3) is 0.167. The van der Waals surface area contributed by atoms with Crippen molar-refractivity contribution < 1.29 is 14.3 Å². The molecule has 4 aromatic rings. The molecule has 0 radical (unpaired) electrons. The van der Waals surface area contributed by atoms with Crippen LogP contribution < -0.4 is 26.0 Å². The third-order valence-corrected chi connectivity index (χ3v) is 5.82. The van der Waals surface area contributed by atoms with Crippen LogP contribution in [0.2, 0.25) is 0 Å². The van der Waals surface area contributed by atoms with Crippen LogP contribution in [0.15, 0.2) is 75.8 Å². The summed E-state index contributed by atoms with van der Waals surface area (Å²) in [6.45, 7) is -0.124. The van der Waals surface area contributed by atoms with Crippen molar-refractivity contribution in [3.8, 4) is 22.8 Å². The largest absolute Gasteiger partial charge is 0.493 e. The Kier molecular flexibility index (Phi) is 6.88. The molecule has 0 fully saturated rings. The van der Waals surface area contributed by atoms with E-state index in [1.165, 1.54) is 28.2 Å². The first kappa shape index (κ1) is 23.0. The minimum absolute atomic E-state index is 0.294. The monoisotopic (exact) mass is 478 g/mol. The number of nitrogens with zero attached hydrogens (tertiary/aromatic N) is 3. The van der Waals surface area contributed by atoms with E-state index in [4.69, 9.17) is 9.47 Å². The molecule has 0 aliphatic heterocycles. The number of methoxy groups -OCH3 is 2. The van der Waals surface area contributed by atoms with Crippen molar-refractivity contribution in [3.63, 3.8) is 0 Å². The van der Waals surface area contributed by atoms with Gasteiger partial charge in [0, 0.05) is 23.2 Å². The van der Waals surface area contributed by atoms with Gasteiger partial charge in [-0.1, -0.05) is 30.3 Å². The lowest BCUT2D eigenvalue weighted by Crippen LogP contribution is -2.41. The predicted molar refractivity (Wildman–Crippen MR) is 130 cm³/mol. The van der Waals surface area contributed by atoms with Crippen LogP contribution in [0.4, 0.5) is 5.13 Å². The van der Waals surface area contributed by atoms with Gasteiger partial charge in [0.05, 0.1) is 26.5 Å². The van der Waals surface area contributed by atoms with E-state index in [9.17, 15) is 14.4 Å². The lowest BCUT2D eigenvalue weighted by molar-refractivity contribution is -0.116. The van der Waals surface area contributed by atoms with E-state index < -0.39 is 23.7 Å². The van der Waals surface area contributed by atoms with Crippen LogP contribution >= 0.6 is 11.3 Å². The third kappa shape index (κ3) is 5.07. The number of amides is 1. The Balaban J connectivity index is 1.49. The molecule has 1 amide bonds. The lowest BCUT2D eigenvalue weighted by atomic mass is 10.1. The zero-order chi connectivity index (χ0) is 24.1. The van der Waals surface area contributed by atoms with Crippen LogP contribution in [0.5, 0.6) is 11.5 Å². The minimum atomic E-state index is -0.559. The zero-order valence-corrected chi connectivity index (χ0v) is 19.4. The summed E-state index contributed by atoms with van der Waals surface area (Å²) in [5, 5.41) is 4.80. The van der Waals surface area contributed by atoms with Crippen molar-refractivity contribution >= 4 is 22.4 Å². The number of rotatable bonds is 8. The van der Waals surface area contributed by atoms with Gasteiger partial charge in [-0.2, -0.15) is 0 Å². The van der Waals surface area contributed by atoms with E-state index >= 15 is 0 Å². The van der Waals surface area contributed by atoms with Crippen LogP contribution in [-0.4, -0.2) is 34.2 Å². The fourth-order valence-corrected chi connectivity index (χ4v) is 4.10. The maximum Gasteiger partial charge on any atom is 0.331 e. The second-order valence-electron chi connectivity index (χ2n) is 7.29. The molecule has 0 saturated carbocycles. The van der Waals surface area contributed by atoms with Gasteiger partial charge in [-0.3, -0.25) is 18.7 Å². The first-order valence-corrected chi connectivity index (χ1v) is 11.2. The minimum Gasteiger partial charge on any atom is -0.493 e. The normalized spacial score (nSPS) is 10.6. The molecule has 0 bridgehead atoms. The summed E-state index contributed by atoms with van der Waals surface area (Å²) in [4.78, 5) is 42.1. The van der Waals surface area contributed by atoms with Gasteiger partial charge in [0.1, 0.15) is 6.54 Å². The van der Waals surface area contributed by atoms with Crippen molar-refractivity contribution in [1.82, 2.24) is 14.1 Å². The molecule has 2 aromatic heterocycles. The summed E-state index contributed by atoms with van der Waals surface area (Å²) in [6, 6.07) is 16.1. The molecule has 10 heteroatoms. The highest BCUT2D eigenvalue weighted by atomic mass is 32.1. The number of benzene rings is 2. The maximum absolute atomic E-state index is 12.8. The Morgan fingerprint density at radius 2 is 1.79 bits per heavy atom. The number of thiazole rings is 1. The number of carbonyl (C=O) groups is 1. The molecule has 9 nitrogen and oxygen atoms in total. The SMILES string of the molecule is COc1ccc(-c2csc(NC(=O)Cn3c(=O)ccn(Cc4ccccc4)c3=O)n2)cc1OC. The van der Waals surface area contributed by atoms with Crippen molar-refractivity contribution in [1.29, 1.82) is 0 Å². The molecule has 174 valence electrons. The first-order chi connectivity index (χ1) is 16.5. The molecular weight excluding hydrogens is 456 g/mol. The van der Waals surface area contributed by atoms with Gasteiger partial charge in [-0.25, -0.2) is 9.78 Å². The lowest BCUT2D eigenvalue weighted by Gasteiger charge is -2.10. The van der Waals surface area contributed by atoms with E-state index in [2.05, 4.69) is 10.3 Å². The number of hydrogen-bond donors (Lipinski definition) is 1. The Bertz CT molecular complexity index is 1430. The highest BCUT2D eigenvalue weighted by molar-refractivity contribution is 7.14. The topological polar surface area (TPSA) is 104 Å². The van der Waals surface area contributed by atoms with Gasteiger partial charge < -0.3 is 14.8 Å². The van der Waals surface area contributed by atoms with Gasteiger partial charge >= 0.3 is 5.69 Å². The van der Waals surface area contributed by atoms with E-state index in [0.29, 0.717) is 28.9 Å². The maximum atomic E-state index is 12.8. The quantitative estimate of drug-likeness (QED) is 0.418. The Morgan fingerprint density at radius 3 is 2.53 bits per heavy atom. The summed E-state index contributed by atoms with van der Waals surface area (Å²) in [7, 11) is 3.11. The van der Waals surface area contributed by atoms with E-state index in [-0.39, 0.29) is 0 Å². The van der Waals surface area contributed by atoms with Crippen LogP contribution in [0.25, 0.3) is 11.3 Å². The van der Waals surface area contributed by atoms with Gasteiger partial charge in [-0.05, 0) is 23.8 Å². The van der Waals surface area contributed by atoms with Gasteiger partial charge in [0.15, 0.2) is 16.6 Å². The van der Waals surface area contributed by atoms with Gasteiger partial charge in [0.25, 0.3) is 5.56 Å². The average molecular weight is 479 g/mol. The number of hydrogen-bond acceptors (Lipinski definition) is 7. The van der Waals surface area contributed by atoms with Crippen molar-refractivity contribution in [2.24, 2.45) is 0 Å². The van der Waals surface area contributed by atoms with Crippen molar-refractivity contribution in [3.05, 3.63) is 92.6 Å². The fourth-order valence-electron chi connectivity index (χ4n) is 3.36. The third-order valence-electron chi connectivity index (χ3n) is 5.07. The Labute approximate surface area is 198 Å². The molecule has 0 atom stereocenters. The number of ether oxygens (including phenoxy) is 2. The summed E-state index contributed by atoms with van der Waals surface area (Å²) in [5.74, 6) is 0.639. The summed E-state index contributed by atoms with van der Waals surface area (Å²) in [6.07, 6.45) is 1.43. The van der Waals surface area contributed by atoms with Crippen LogP contribution in [0.3, 0.4) is 0 Å². The van der Waals surface area contributed by atoms with Gasteiger partial charge in [-0.15, -0.1) is 11.3 Å². The molecule has 0 spiro atoms. The van der Waals surface area contributed by atoms with E-state index in [1.54, 1.807) is 31.7 Å². The molecule has 34 heavy (non-hydrogen) atoms. The highest BCUT2D eigenvalue weighted by Crippen LogP contribution is 2.33. The number of carbonyl (C=O) groups excluding carboxylic acids is 1. The van der Waals surface area contributed by atoms with Crippen molar-refractivity contribution in [2.45, 2.75) is 13.1 Å². The van der Waals surface area contributed by atoms with Crippen LogP contribution in [-0.2, 0) is 17.9 Å². The number of aromatic nitrogens is 3. The van der Waals surface area contributed by atoms with E-state index in [0.717, 1.165) is 15.7 Å². The predicted octanol–water partition coefficient (Wildman–Crippen LogP) is 2.84.